The number of ketones is 3. The van der Waals surface area contributed by atoms with Gasteiger partial charge in [0.1, 0.15) is 17.6 Å². The van der Waals surface area contributed by atoms with Crippen LogP contribution in [0.15, 0.2) is 43.0 Å². The molecule has 1 aromatic carbocycles. The number of carbonyl (C=O) groups excluding carboxylic acids is 3. The van der Waals surface area contributed by atoms with Crippen molar-refractivity contribution in [1.29, 1.82) is 0 Å². The van der Waals surface area contributed by atoms with Crippen LogP contribution in [0.4, 0.5) is 0 Å². The Labute approximate surface area is 162 Å². The molecule has 0 saturated carbocycles. The van der Waals surface area contributed by atoms with Crippen LogP contribution in [0.3, 0.4) is 0 Å². The van der Waals surface area contributed by atoms with E-state index in [4.69, 9.17) is 9.84 Å². The number of benzene rings is 1. The SMILES string of the molecule is C=CC(=O)CCC(C(C)=O)[C@@H]1C=CC(O)c2c(OCC(=O)O)cccc2C1=O. The summed E-state index contributed by atoms with van der Waals surface area (Å²) in [5, 5.41) is 19.3. The second kappa shape index (κ2) is 9.23. The van der Waals surface area contributed by atoms with Crippen LogP contribution in [0.1, 0.15) is 41.8 Å². The predicted octanol–water partition coefficient (Wildman–Crippen LogP) is 2.29. The highest BCUT2D eigenvalue weighted by atomic mass is 16.5. The van der Waals surface area contributed by atoms with Crippen molar-refractivity contribution in [2.75, 3.05) is 6.61 Å². The minimum absolute atomic E-state index is 0.0859. The molecule has 2 rings (SSSR count). The summed E-state index contributed by atoms with van der Waals surface area (Å²) in [7, 11) is 0. The molecule has 0 aromatic heterocycles. The Morgan fingerprint density at radius 1 is 1.29 bits per heavy atom. The molecule has 1 aliphatic rings. The Kier molecular flexibility index (Phi) is 7.00. The molecule has 28 heavy (non-hydrogen) atoms. The zero-order chi connectivity index (χ0) is 20.8. The number of allylic oxidation sites excluding steroid dienone is 2. The highest BCUT2D eigenvalue weighted by molar-refractivity contribution is 6.04. The van der Waals surface area contributed by atoms with Crippen molar-refractivity contribution in [3.63, 3.8) is 0 Å². The first-order valence-electron chi connectivity index (χ1n) is 8.80. The molecule has 0 saturated heterocycles. The van der Waals surface area contributed by atoms with Crippen molar-refractivity contribution < 1.29 is 34.1 Å². The lowest BCUT2D eigenvalue weighted by Crippen LogP contribution is -2.28. The normalized spacial score (nSPS) is 19.3. The molecule has 148 valence electrons. The summed E-state index contributed by atoms with van der Waals surface area (Å²) in [5.41, 5.74) is 0.323. The fraction of sp³-hybridized carbons (Fsp3) is 0.333. The van der Waals surface area contributed by atoms with E-state index in [9.17, 15) is 24.3 Å². The number of fused-ring (bicyclic) bond motifs is 1. The number of carboxylic acids is 1. The number of aliphatic hydroxyl groups is 1. The highest BCUT2D eigenvalue weighted by Crippen LogP contribution is 2.37. The molecule has 0 amide bonds. The third-order valence-electron chi connectivity index (χ3n) is 4.67. The lowest BCUT2D eigenvalue weighted by molar-refractivity contribution is -0.139. The first-order chi connectivity index (χ1) is 13.3. The van der Waals surface area contributed by atoms with E-state index >= 15 is 0 Å². The van der Waals surface area contributed by atoms with E-state index in [1.807, 2.05) is 0 Å². The number of rotatable bonds is 9. The minimum atomic E-state index is -1.20. The fourth-order valence-corrected chi connectivity index (χ4v) is 3.27. The van der Waals surface area contributed by atoms with Crippen molar-refractivity contribution in [3.8, 4) is 5.75 Å². The van der Waals surface area contributed by atoms with Gasteiger partial charge in [-0.3, -0.25) is 14.4 Å². The summed E-state index contributed by atoms with van der Waals surface area (Å²) in [4.78, 5) is 47.6. The summed E-state index contributed by atoms with van der Waals surface area (Å²) in [6.07, 6.45) is 3.10. The third kappa shape index (κ3) is 4.80. The van der Waals surface area contributed by atoms with Gasteiger partial charge in [-0.25, -0.2) is 4.79 Å². The third-order valence-corrected chi connectivity index (χ3v) is 4.67. The number of carbonyl (C=O) groups is 4. The monoisotopic (exact) mass is 386 g/mol. The summed E-state index contributed by atoms with van der Waals surface area (Å²) in [6, 6.07) is 4.49. The van der Waals surface area contributed by atoms with Crippen LogP contribution in [-0.2, 0) is 14.4 Å². The first-order valence-corrected chi connectivity index (χ1v) is 8.80. The summed E-state index contributed by atoms with van der Waals surface area (Å²) >= 11 is 0. The van der Waals surface area contributed by atoms with Gasteiger partial charge in [0.05, 0.1) is 5.92 Å². The number of aliphatic hydroxyl groups excluding tert-OH is 1. The minimum Gasteiger partial charge on any atom is -0.481 e. The van der Waals surface area contributed by atoms with Gasteiger partial charge in [0, 0.05) is 23.5 Å². The van der Waals surface area contributed by atoms with Crippen LogP contribution in [0.5, 0.6) is 5.75 Å². The molecule has 2 unspecified atom stereocenters. The predicted molar refractivity (Wildman–Crippen MR) is 100 cm³/mol. The fourth-order valence-electron chi connectivity index (χ4n) is 3.27. The van der Waals surface area contributed by atoms with E-state index < -0.39 is 36.3 Å². The lowest BCUT2D eigenvalue weighted by Gasteiger charge is -2.21. The van der Waals surface area contributed by atoms with E-state index in [-0.39, 0.29) is 41.3 Å². The van der Waals surface area contributed by atoms with Crippen LogP contribution >= 0.6 is 0 Å². The van der Waals surface area contributed by atoms with Gasteiger partial charge in [-0.1, -0.05) is 30.9 Å². The van der Waals surface area contributed by atoms with E-state index in [0.717, 1.165) is 0 Å². The Bertz CT molecular complexity index is 837. The van der Waals surface area contributed by atoms with Gasteiger partial charge in [0.25, 0.3) is 0 Å². The average molecular weight is 386 g/mol. The number of carboxylic acid groups (broad SMARTS) is 1. The Hall–Kier alpha value is -3.06. The molecular formula is C21H22O7. The maximum absolute atomic E-state index is 13.1. The highest BCUT2D eigenvalue weighted by Gasteiger charge is 2.35. The molecule has 0 bridgehead atoms. The van der Waals surface area contributed by atoms with Crippen molar-refractivity contribution in [3.05, 3.63) is 54.1 Å². The van der Waals surface area contributed by atoms with Crippen molar-refractivity contribution in [2.45, 2.75) is 25.9 Å². The van der Waals surface area contributed by atoms with Crippen LogP contribution in [0.2, 0.25) is 0 Å². The molecule has 7 heteroatoms. The van der Waals surface area contributed by atoms with Gasteiger partial charge in [-0.2, -0.15) is 0 Å². The lowest BCUT2D eigenvalue weighted by atomic mass is 9.80. The zero-order valence-electron chi connectivity index (χ0n) is 15.5. The van der Waals surface area contributed by atoms with Gasteiger partial charge in [0.15, 0.2) is 18.2 Å². The van der Waals surface area contributed by atoms with Gasteiger partial charge >= 0.3 is 5.97 Å². The molecule has 7 nitrogen and oxygen atoms in total. The van der Waals surface area contributed by atoms with Gasteiger partial charge < -0.3 is 14.9 Å². The molecule has 0 radical (unpaired) electrons. The number of Topliss-reactive ketones (excluding diaryl/α,β-unsaturated/α-hetero) is 2. The smallest absolute Gasteiger partial charge is 0.341 e. The van der Waals surface area contributed by atoms with Crippen LogP contribution in [-0.4, -0.2) is 40.1 Å². The molecule has 1 aliphatic carbocycles. The van der Waals surface area contributed by atoms with Gasteiger partial charge in [-0.15, -0.1) is 0 Å². The van der Waals surface area contributed by atoms with Crippen LogP contribution in [0, 0.1) is 11.8 Å². The molecule has 1 aromatic rings. The van der Waals surface area contributed by atoms with Crippen LogP contribution in [0.25, 0.3) is 0 Å². The Morgan fingerprint density at radius 3 is 2.61 bits per heavy atom. The maximum atomic E-state index is 13.1. The van der Waals surface area contributed by atoms with E-state index in [2.05, 4.69) is 6.58 Å². The number of hydrogen-bond acceptors (Lipinski definition) is 6. The average Bonchev–Trinajstić information content (AvgIpc) is 2.78. The van der Waals surface area contributed by atoms with E-state index in [1.165, 1.54) is 43.4 Å². The zero-order valence-corrected chi connectivity index (χ0v) is 15.5. The van der Waals surface area contributed by atoms with Crippen molar-refractivity contribution in [1.82, 2.24) is 0 Å². The maximum Gasteiger partial charge on any atom is 0.341 e. The summed E-state index contributed by atoms with van der Waals surface area (Å²) < 4.78 is 5.21. The molecular weight excluding hydrogens is 364 g/mol. The van der Waals surface area contributed by atoms with Crippen LogP contribution < -0.4 is 4.74 Å². The number of hydrogen-bond donors (Lipinski definition) is 2. The first kappa shape index (κ1) is 21.2. The molecule has 0 aliphatic heterocycles. The number of ether oxygens (including phenoxy) is 1. The summed E-state index contributed by atoms with van der Waals surface area (Å²) in [5.74, 6) is -3.53. The Morgan fingerprint density at radius 2 is 2.00 bits per heavy atom. The number of aliphatic carboxylic acids is 1. The molecule has 3 atom stereocenters. The molecule has 2 N–H and O–H groups in total. The standard InChI is InChI=1S/C21H22O7/c1-3-13(23)7-8-14(12(2)22)15-9-10-17(24)20-16(21(15)27)5-4-6-18(20)28-11-19(25)26/h3-6,9-10,14-15,17,24H,1,7-8,11H2,2H3,(H,25,26)/t14?,15-,17?/m0/s1. The molecule has 0 fully saturated rings. The quantitative estimate of drug-likeness (QED) is 0.494. The van der Waals surface area contributed by atoms with E-state index in [1.54, 1.807) is 0 Å². The second-order valence-electron chi connectivity index (χ2n) is 6.55. The van der Waals surface area contributed by atoms with Gasteiger partial charge in [-0.05, 0) is 25.5 Å². The molecule has 0 spiro atoms. The second-order valence-corrected chi connectivity index (χ2v) is 6.55. The van der Waals surface area contributed by atoms with E-state index in [0.29, 0.717) is 0 Å². The van der Waals surface area contributed by atoms with Crippen molar-refractivity contribution >= 4 is 23.3 Å². The Balaban J connectivity index is 2.41. The topological polar surface area (TPSA) is 118 Å². The van der Waals surface area contributed by atoms with Crippen molar-refractivity contribution in [2.24, 2.45) is 11.8 Å². The van der Waals surface area contributed by atoms with Gasteiger partial charge in [0.2, 0.25) is 0 Å². The summed E-state index contributed by atoms with van der Waals surface area (Å²) in [6.45, 7) is 4.14. The largest absolute Gasteiger partial charge is 0.481 e. The molecule has 0 heterocycles.